The van der Waals surface area contributed by atoms with Gasteiger partial charge in [-0.25, -0.2) is 0 Å². The number of hydrogen-bond donors (Lipinski definition) is 0. The fourth-order valence-corrected chi connectivity index (χ4v) is 3.44. The third-order valence-electron chi connectivity index (χ3n) is 4.17. The maximum atomic E-state index is 2.78. The molecule has 0 atom stereocenters. The molecule has 0 aromatic rings. The molecule has 0 aliphatic heterocycles. The lowest BCUT2D eigenvalue weighted by molar-refractivity contribution is 0.00361. The van der Waals surface area contributed by atoms with Gasteiger partial charge in [-0.15, -0.1) is 0 Å². The summed E-state index contributed by atoms with van der Waals surface area (Å²) < 4.78 is 0. The van der Waals surface area contributed by atoms with Crippen LogP contribution in [0.3, 0.4) is 0 Å². The highest BCUT2D eigenvalue weighted by Gasteiger charge is 2.35. The third-order valence-corrected chi connectivity index (χ3v) is 4.17. The van der Waals surface area contributed by atoms with Crippen molar-refractivity contribution >= 4 is 0 Å². The Hall–Kier alpha value is -0.0400. The molecule has 1 nitrogen and oxygen atoms in total. The summed E-state index contributed by atoms with van der Waals surface area (Å²) in [7, 11) is 0. The van der Waals surface area contributed by atoms with Crippen molar-refractivity contribution in [1.29, 1.82) is 0 Å². The monoisotopic (exact) mass is 255 g/mol. The van der Waals surface area contributed by atoms with Crippen molar-refractivity contribution in [3.05, 3.63) is 0 Å². The van der Waals surface area contributed by atoms with Gasteiger partial charge in [-0.2, -0.15) is 0 Å². The zero-order chi connectivity index (χ0) is 14.2. The standard InChI is InChI=1S/C17H37N/c1-8-11-12-15-18(16(4,5)13-9-2)17(6,7)14-10-3/h8-15H2,1-7H3. The van der Waals surface area contributed by atoms with Crippen LogP contribution in [-0.2, 0) is 0 Å². The van der Waals surface area contributed by atoms with Gasteiger partial charge in [0.2, 0.25) is 0 Å². The average Bonchev–Trinajstić information content (AvgIpc) is 2.23. The number of unbranched alkanes of at least 4 members (excludes halogenated alkanes) is 2. The Balaban J connectivity index is 4.80. The summed E-state index contributed by atoms with van der Waals surface area (Å²) in [5.41, 5.74) is 0.669. The Labute approximate surface area is 116 Å². The first-order valence-electron chi connectivity index (χ1n) is 8.09. The lowest BCUT2D eigenvalue weighted by atomic mass is 9.86. The number of hydrogen-bond acceptors (Lipinski definition) is 1. The van der Waals surface area contributed by atoms with E-state index in [0.29, 0.717) is 11.1 Å². The normalized spacial score (nSPS) is 13.3. The van der Waals surface area contributed by atoms with Gasteiger partial charge >= 0.3 is 0 Å². The molecule has 0 spiro atoms. The predicted octanol–water partition coefficient (Wildman–Crippen LogP) is 5.64. The number of nitrogens with zero attached hydrogens (tertiary/aromatic N) is 1. The first-order chi connectivity index (χ1) is 8.31. The van der Waals surface area contributed by atoms with Crippen molar-refractivity contribution in [2.75, 3.05) is 6.54 Å². The van der Waals surface area contributed by atoms with E-state index >= 15 is 0 Å². The van der Waals surface area contributed by atoms with Crippen LogP contribution < -0.4 is 0 Å². The van der Waals surface area contributed by atoms with E-state index in [1.54, 1.807) is 0 Å². The highest BCUT2D eigenvalue weighted by atomic mass is 15.2. The topological polar surface area (TPSA) is 3.24 Å². The molecule has 0 bridgehead atoms. The van der Waals surface area contributed by atoms with Crippen molar-refractivity contribution in [3.63, 3.8) is 0 Å². The van der Waals surface area contributed by atoms with E-state index in [2.05, 4.69) is 53.4 Å². The lowest BCUT2D eigenvalue weighted by Crippen LogP contribution is -2.55. The van der Waals surface area contributed by atoms with Gasteiger partial charge in [0.05, 0.1) is 0 Å². The van der Waals surface area contributed by atoms with Crippen LogP contribution in [-0.4, -0.2) is 22.5 Å². The molecule has 110 valence electrons. The molecule has 0 unspecified atom stereocenters. The second kappa shape index (κ2) is 8.19. The predicted molar refractivity (Wildman–Crippen MR) is 84.2 cm³/mol. The quantitative estimate of drug-likeness (QED) is 0.457. The van der Waals surface area contributed by atoms with Crippen molar-refractivity contribution in [2.45, 2.75) is 104 Å². The molecule has 18 heavy (non-hydrogen) atoms. The second-order valence-corrected chi connectivity index (χ2v) is 6.98. The molecule has 1 heteroatoms. The molecule has 0 fully saturated rings. The van der Waals surface area contributed by atoms with Crippen LogP contribution in [0.15, 0.2) is 0 Å². The van der Waals surface area contributed by atoms with Crippen LogP contribution in [0.5, 0.6) is 0 Å². The minimum absolute atomic E-state index is 0.334. The molecular formula is C17H37N. The van der Waals surface area contributed by atoms with Crippen molar-refractivity contribution in [2.24, 2.45) is 0 Å². The highest BCUT2D eigenvalue weighted by Crippen LogP contribution is 2.32. The van der Waals surface area contributed by atoms with Gasteiger partial charge in [0.15, 0.2) is 0 Å². The summed E-state index contributed by atoms with van der Waals surface area (Å²) in [6, 6.07) is 0. The van der Waals surface area contributed by atoms with Gasteiger partial charge in [-0.3, -0.25) is 4.90 Å². The van der Waals surface area contributed by atoms with Crippen LogP contribution in [0.4, 0.5) is 0 Å². The molecule has 0 amide bonds. The Bertz CT molecular complexity index is 188. The summed E-state index contributed by atoms with van der Waals surface area (Å²) in [6.45, 7) is 17.9. The maximum absolute atomic E-state index is 2.78. The van der Waals surface area contributed by atoms with Crippen LogP contribution in [0.1, 0.15) is 93.4 Å². The molecule has 0 N–H and O–H groups in total. The smallest absolute Gasteiger partial charge is 0.0158 e. The SMILES string of the molecule is CCCCCN(C(C)(C)CCC)C(C)(C)CCC. The maximum Gasteiger partial charge on any atom is 0.0158 e. The van der Waals surface area contributed by atoms with Gasteiger partial charge in [0.1, 0.15) is 0 Å². The minimum Gasteiger partial charge on any atom is -0.293 e. The Kier molecular flexibility index (Phi) is 8.18. The van der Waals surface area contributed by atoms with E-state index in [4.69, 9.17) is 0 Å². The zero-order valence-electron chi connectivity index (χ0n) is 14.1. The van der Waals surface area contributed by atoms with Gasteiger partial charge in [0.25, 0.3) is 0 Å². The van der Waals surface area contributed by atoms with Crippen LogP contribution in [0, 0.1) is 0 Å². The summed E-state index contributed by atoms with van der Waals surface area (Å²) in [5.74, 6) is 0. The summed E-state index contributed by atoms with van der Waals surface area (Å²) in [6.07, 6.45) is 9.17. The molecule has 0 aliphatic carbocycles. The van der Waals surface area contributed by atoms with E-state index in [1.807, 2.05) is 0 Å². The van der Waals surface area contributed by atoms with Crippen molar-refractivity contribution < 1.29 is 0 Å². The third kappa shape index (κ3) is 5.73. The van der Waals surface area contributed by atoms with Gasteiger partial charge in [0, 0.05) is 11.1 Å². The fourth-order valence-electron chi connectivity index (χ4n) is 3.44. The Morgan fingerprint density at radius 3 is 1.44 bits per heavy atom. The van der Waals surface area contributed by atoms with Crippen molar-refractivity contribution in [3.8, 4) is 0 Å². The molecule has 0 saturated heterocycles. The molecule has 0 aromatic heterocycles. The molecule has 0 radical (unpaired) electrons. The van der Waals surface area contributed by atoms with Crippen LogP contribution in [0.25, 0.3) is 0 Å². The van der Waals surface area contributed by atoms with Gasteiger partial charge in [-0.1, -0.05) is 46.5 Å². The zero-order valence-corrected chi connectivity index (χ0v) is 14.1. The van der Waals surface area contributed by atoms with Crippen LogP contribution in [0.2, 0.25) is 0 Å². The van der Waals surface area contributed by atoms with Gasteiger partial charge in [-0.05, 0) is 53.5 Å². The molecule has 0 heterocycles. The van der Waals surface area contributed by atoms with E-state index in [1.165, 1.54) is 51.5 Å². The molecule has 0 saturated carbocycles. The minimum atomic E-state index is 0.334. The second-order valence-electron chi connectivity index (χ2n) is 6.98. The largest absolute Gasteiger partial charge is 0.293 e. The molecular weight excluding hydrogens is 218 g/mol. The van der Waals surface area contributed by atoms with E-state index < -0.39 is 0 Å². The lowest BCUT2D eigenvalue weighted by Gasteiger charge is -2.49. The highest BCUT2D eigenvalue weighted by molar-refractivity contribution is 4.91. The van der Waals surface area contributed by atoms with E-state index in [0.717, 1.165) is 0 Å². The Morgan fingerprint density at radius 1 is 0.667 bits per heavy atom. The van der Waals surface area contributed by atoms with E-state index in [9.17, 15) is 0 Å². The first kappa shape index (κ1) is 18.0. The summed E-state index contributed by atoms with van der Waals surface area (Å²) >= 11 is 0. The number of rotatable bonds is 10. The first-order valence-corrected chi connectivity index (χ1v) is 8.09. The Morgan fingerprint density at radius 2 is 1.11 bits per heavy atom. The van der Waals surface area contributed by atoms with Gasteiger partial charge < -0.3 is 0 Å². The molecule has 0 rings (SSSR count). The average molecular weight is 255 g/mol. The summed E-state index contributed by atoms with van der Waals surface area (Å²) in [4.78, 5) is 2.78. The molecule has 0 aliphatic rings. The van der Waals surface area contributed by atoms with Crippen LogP contribution >= 0.6 is 0 Å². The van der Waals surface area contributed by atoms with Crippen molar-refractivity contribution in [1.82, 2.24) is 4.90 Å². The molecule has 0 aromatic carbocycles. The summed E-state index contributed by atoms with van der Waals surface area (Å²) in [5, 5.41) is 0. The fraction of sp³-hybridized carbons (Fsp3) is 1.00. The van der Waals surface area contributed by atoms with E-state index in [-0.39, 0.29) is 0 Å².